The number of hydrogen-bond donors (Lipinski definition) is 1. The second kappa shape index (κ2) is 7.71. The number of sulfonamides is 1. The van der Waals surface area contributed by atoms with E-state index in [4.69, 9.17) is 4.98 Å². The molecule has 10 heteroatoms. The third-order valence-corrected chi connectivity index (χ3v) is 7.29. The zero-order chi connectivity index (χ0) is 21.4. The summed E-state index contributed by atoms with van der Waals surface area (Å²) in [5.74, 6) is 1.41. The van der Waals surface area contributed by atoms with Crippen molar-refractivity contribution in [2.75, 3.05) is 31.1 Å². The molecule has 1 fully saturated rings. The van der Waals surface area contributed by atoms with Gasteiger partial charge in [-0.05, 0) is 31.2 Å². The van der Waals surface area contributed by atoms with E-state index in [-0.39, 0.29) is 4.90 Å². The fourth-order valence-corrected chi connectivity index (χ4v) is 5.35. The lowest BCUT2D eigenvalue weighted by atomic mass is 10.2. The summed E-state index contributed by atoms with van der Waals surface area (Å²) in [4.78, 5) is 22.9. The van der Waals surface area contributed by atoms with Crippen LogP contribution in [0.5, 0.6) is 0 Å². The van der Waals surface area contributed by atoms with Crippen LogP contribution in [-0.4, -0.2) is 63.8 Å². The predicted molar refractivity (Wildman–Crippen MR) is 117 cm³/mol. The standard InChI is InChI=1S/C21H21N7O2S/c1-15-12-19(26-20(25-15)16-4-2-6-22-13-16)27-8-10-28(11-9-27)31(29,30)18-14-24-21-17(18)5-3-7-23-21/h2-7,12-14H,8-11H2,1H3,(H,23,24). The highest BCUT2D eigenvalue weighted by Gasteiger charge is 2.31. The summed E-state index contributed by atoms with van der Waals surface area (Å²) in [6, 6.07) is 9.21. The molecule has 0 aliphatic carbocycles. The van der Waals surface area contributed by atoms with Crippen LogP contribution in [0, 0.1) is 6.92 Å². The van der Waals surface area contributed by atoms with Crippen LogP contribution in [-0.2, 0) is 10.0 Å². The number of piperazine rings is 1. The number of anilines is 1. The first-order valence-corrected chi connectivity index (χ1v) is 11.4. The lowest BCUT2D eigenvalue weighted by Crippen LogP contribution is -2.49. The van der Waals surface area contributed by atoms with Gasteiger partial charge in [0.25, 0.3) is 0 Å². The third-order valence-electron chi connectivity index (χ3n) is 5.35. The average molecular weight is 436 g/mol. The van der Waals surface area contributed by atoms with Gasteiger partial charge in [-0.25, -0.2) is 23.4 Å². The molecule has 31 heavy (non-hydrogen) atoms. The molecule has 0 radical (unpaired) electrons. The molecule has 0 atom stereocenters. The van der Waals surface area contributed by atoms with Crippen LogP contribution in [0.25, 0.3) is 22.4 Å². The Kier molecular flexibility index (Phi) is 4.87. The van der Waals surface area contributed by atoms with Gasteiger partial charge in [-0.1, -0.05) is 0 Å². The fourth-order valence-electron chi connectivity index (χ4n) is 3.78. The first kappa shape index (κ1) is 19.6. The van der Waals surface area contributed by atoms with E-state index >= 15 is 0 Å². The van der Waals surface area contributed by atoms with E-state index in [2.05, 4.69) is 24.8 Å². The van der Waals surface area contributed by atoms with Gasteiger partial charge in [0.05, 0.1) is 0 Å². The largest absolute Gasteiger partial charge is 0.354 e. The molecule has 1 aliphatic heterocycles. The van der Waals surface area contributed by atoms with Gasteiger partial charge >= 0.3 is 0 Å². The normalized spacial score (nSPS) is 15.5. The van der Waals surface area contributed by atoms with Crippen LogP contribution >= 0.6 is 0 Å². The molecule has 0 spiro atoms. The van der Waals surface area contributed by atoms with Crippen LogP contribution in [0.2, 0.25) is 0 Å². The Labute approximate surface area is 179 Å². The first-order valence-electron chi connectivity index (χ1n) is 9.96. The van der Waals surface area contributed by atoms with Gasteiger partial charge < -0.3 is 9.88 Å². The van der Waals surface area contributed by atoms with Gasteiger partial charge in [0.2, 0.25) is 10.0 Å². The minimum atomic E-state index is -3.62. The number of rotatable bonds is 4. The van der Waals surface area contributed by atoms with Crippen molar-refractivity contribution in [1.29, 1.82) is 0 Å². The van der Waals surface area contributed by atoms with Gasteiger partial charge in [0, 0.05) is 73.7 Å². The maximum Gasteiger partial charge on any atom is 0.245 e. The summed E-state index contributed by atoms with van der Waals surface area (Å²) in [6.07, 6.45) is 6.60. The number of aromatic amines is 1. The Morgan fingerprint density at radius 2 is 1.84 bits per heavy atom. The van der Waals surface area contributed by atoms with E-state index in [1.54, 1.807) is 30.7 Å². The van der Waals surface area contributed by atoms with Crippen LogP contribution in [0.1, 0.15) is 5.69 Å². The van der Waals surface area contributed by atoms with Gasteiger partial charge in [-0.15, -0.1) is 0 Å². The van der Waals surface area contributed by atoms with Crippen molar-refractivity contribution in [3.8, 4) is 11.4 Å². The summed E-state index contributed by atoms with van der Waals surface area (Å²) >= 11 is 0. The van der Waals surface area contributed by atoms with Gasteiger partial charge in [0.1, 0.15) is 16.4 Å². The van der Waals surface area contributed by atoms with Crippen molar-refractivity contribution in [3.05, 3.63) is 60.8 Å². The van der Waals surface area contributed by atoms with Gasteiger partial charge in [-0.2, -0.15) is 4.31 Å². The van der Waals surface area contributed by atoms with Gasteiger partial charge in [0.15, 0.2) is 5.82 Å². The maximum absolute atomic E-state index is 13.2. The highest BCUT2D eigenvalue weighted by atomic mass is 32.2. The average Bonchev–Trinajstić information content (AvgIpc) is 3.24. The topological polar surface area (TPSA) is 108 Å². The minimum absolute atomic E-state index is 0.265. The molecule has 0 amide bonds. The molecule has 158 valence electrons. The lowest BCUT2D eigenvalue weighted by molar-refractivity contribution is 0.384. The summed E-state index contributed by atoms with van der Waals surface area (Å²) in [5.41, 5.74) is 2.27. The zero-order valence-corrected chi connectivity index (χ0v) is 17.7. The summed E-state index contributed by atoms with van der Waals surface area (Å²) in [5, 5.41) is 0.609. The van der Waals surface area contributed by atoms with E-state index in [0.717, 1.165) is 17.1 Å². The highest BCUT2D eigenvalue weighted by Crippen LogP contribution is 2.26. The number of aryl methyl sites for hydroxylation is 1. The van der Waals surface area contributed by atoms with E-state index in [9.17, 15) is 8.42 Å². The number of pyridine rings is 2. The quantitative estimate of drug-likeness (QED) is 0.524. The molecule has 0 bridgehead atoms. The number of H-pyrrole nitrogens is 1. The summed E-state index contributed by atoms with van der Waals surface area (Å²) in [7, 11) is -3.62. The third kappa shape index (κ3) is 3.64. The Hall–Kier alpha value is -3.37. The molecule has 5 rings (SSSR count). The molecule has 1 N–H and O–H groups in total. The van der Waals surface area contributed by atoms with Crippen LogP contribution in [0.3, 0.4) is 0 Å². The summed E-state index contributed by atoms with van der Waals surface area (Å²) < 4.78 is 28.0. The number of nitrogens with zero attached hydrogens (tertiary/aromatic N) is 6. The fraction of sp³-hybridized carbons (Fsp3) is 0.238. The molecule has 0 saturated carbocycles. The second-order valence-electron chi connectivity index (χ2n) is 7.38. The van der Waals surface area contributed by atoms with E-state index in [1.165, 1.54) is 10.5 Å². The van der Waals surface area contributed by atoms with E-state index < -0.39 is 10.0 Å². The molecule has 5 heterocycles. The van der Waals surface area contributed by atoms with Crippen molar-refractivity contribution < 1.29 is 8.42 Å². The van der Waals surface area contributed by atoms with E-state index in [0.29, 0.717) is 43.0 Å². The van der Waals surface area contributed by atoms with Crippen LogP contribution in [0.15, 0.2) is 60.0 Å². The van der Waals surface area contributed by atoms with Crippen molar-refractivity contribution in [3.63, 3.8) is 0 Å². The van der Waals surface area contributed by atoms with Crippen molar-refractivity contribution in [2.24, 2.45) is 0 Å². The number of fused-ring (bicyclic) bond motifs is 1. The smallest absolute Gasteiger partial charge is 0.245 e. The molecule has 0 unspecified atom stereocenters. The van der Waals surface area contributed by atoms with Crippen molar-refractivity contribution in [2.45, 2.75) is 11.8 Å². The first-order chi connectivity index (χ1) is 15.0. The van der Waals surface area contributed by atoms with Crippen LogP contribution < -0.4 is 4.90 Å². The molecule has 1 saturated heterocycles. The van der Waals surface area contributed by atoms with Crippen molar-refractivity contribution >= 4 is 26.9 Å². The minimum Gasteiger partial charge on any atom is -0.354 e. The Morgan fingerprint density at radius 1 is 1.03 bits per heavy atom. The summed E-state index contributed by atoms with van der Waals surface area (Å²) in [6.45, 7) is 3.77. The second-order valence-corrected chi connectivity index (χ2v) is 9.28. The Bertz CT molecular complexity index is 1330. The van der Waals surface area contributed by atoms with E-state index in [1.807, 2.05) is 25.1 Å². The molecule has 4 aromatic heterocycles. The predicted octanol–water partition coefficient (Wildman–Crippen LogP) is 2.23. The van der Waals surface area contributed by atoms with Crippen LogP contribution in [0.4, 0.5) is 5.82 Å². The number of hydrogen-bond acceptors (Lipinski definition) is 7. The molecular formula is C21H21N7O2S. The molecule has 9 nitrogen and oxygen atoms in total. The van der Waals surface area contributed by atoms with Crippen molar-refractivity contribution in [1.82, 2.24) is 29.2 Å². The lowest BCUT2D eigenvalue weighted by Gasteiger charge is -2.34. The number of nitrogens with one attached hydrogen (secondary N) is 1. The zero-order valence-electron chi connectivity index (χ0n) is 16.9. The molecule has 4 aromatic rings. The SMILES string of the molecule is Cc1cc(N2CCN(S(=O)(=O)c3c[nH]c4ncccc34)CC2)nc(-c2cccnc2)n1. The Morgan fingerprint density at radius 3 is 2.61 bits per heavy atom. The number of aromatic nitrogens is 5. The Balaban J connectivity index is 1.37. The highest BCUT2D eigenvalue weighted by molar-refractivity contribution is 7.89. The molecule has 1 aliphatic rings. The molecular weight excluding hydrogens is 414 g/mol. The maximum atomic E-state index is 13.2. The monoisotopic (exact) mass is 435 g/mol. The molecule has 0 aromatic carbocycles. The van der Waals surface area contributed by atoms with Gasteiger partial charge in [-0.3, -0.25) is 4.98 Å².